The highest BCUT2D eigenvalue weighted by molar-refractivity contribution is 7.15. The molecule has 1 aromatic carbocycles. The predicted octanol–water partition coefficient (Wildman–Crippen LogP) is 7.26. The van der Waals surface area contributed by atoms with Gasteiger partial charge in [-0.2, -0.15) is 0 Å². The van der Waals surface area contributed by atoms with Crippen molar-refractivity contribution in [2.75, 3.05) is 18.2 Å². The monoisotopic (exact) mass is 503 g/mol. The zero-order chi connectivity index (χ0) is 24.3. The summed E-state index contributed by atoms with van der Waals surface area (Å²) in [4.78, 5) is 11.7. The second-order valence-electron chi connectivity index (χ2n) is 10.5. The first-order valence-corrected chi connectivity index (χ1v) is 17.0. The summed E-state index contributed by atoms with van der Waals surface area (Å²) in [7, 11) is -1.17. The van der Waals surface area contributed by atoms with Crippen molar-refractivity contribution in [3.8, 4) is 11.1 Å². The van der Waals surface area contributed by atoms with Crippen molar-refractivity contribution in [2.45, 2.75) is 57.3 Å². The number of pyridine rings is 2. The summed E-state index contributed by atoms with van der Waals surface area (Å²) in [6.45, 7) is 8.26. The quantitative estimate of drug-likeness (QED) is 0.136. The molecule has 0 spiro atoms. The second kappa shape index (κ2) is 10.5. The maximum atomic E-state index is 6.16. The molecule has 0 bridgehead atoms. The lowest BCUT2D eigenvalue weighted by Gasteiger charge is -2.22. The lowest BCUT2D eigenvalue weighted by Crippen LogP contribution is -2.26. The van der Waals surface area contributed by atoms with E-state index < -0.39 is 8.07 Å². The van der Waals surface area contributed by atoms with Crippen molar-refractivity contribution in [1.29, 1.82) is 0 Å². The molecule has 1 aliphatic carbocycles. The summed E-state index contributed by atoms with van der Waals surface area (Å²) < 4.78 is 6.16. The molecular formula is C27H33N5OSSi. The first-order chi connectivity index (χ1) is 17.0. The molecule has 3 aromatic heterocycles. The van der Waals surface area contributed by atoms with E-state index in [-0.39, 0.29) is 0 Å². The van der Waals surface area contributed by atoms with Crippen LogP contribution in [0.2, 0.25) is 25.7 Å². The Kier molecular flexibility index (Phi) is 7.22. The summed E-state index contributed by atoms with van der Waals surface area (Å²) >= 11 is 1.68. The van der Waals surface area contributed by atoms with E-state index in [2.05, 4.69) is 57.9 Å². The molecule has 6 nitrogen and oxygen atoms in total. The van der Waals surface area contributed by atoms with Gasteiger partial charge in [-0.3, -0.25) is 9.88 Å². The van der Waals surface area contributed by atoms with E-state index in [1.807, 2.05) is 36.5 Å². The Bertz CT molecular complexity index is 1270. The van der Waals surface area contributed by atoms with Gasteiger partial charge >= 0.3 is 0 Å². The Hall–Kier alpha value is -2.68. The van der Waals surface area contributed by atoms with Crippen molar-refractivity contribution in [2.24, 2.45) is 0 Å². The van der Waals surface area contributed by atoms with E-state index >= 15 is 0 Å². The van der Waals surface area contributed by atoms with Crippen molar-refractivity contribution >= 4 is 41.4 Å². The predicted molar refractivity (Wildman–Crippen MR) is 147 cm³/mol. The molecule has 5 rings (SSSR count). The van der Waals surface area contributed by atoms with Crippen LogP contribution in [0.1, 0.15) is 36.6 Å². The highest BCUT2D eigenvalue weighted by atomic mass is 32.1. The van der Waals surface area contributed by atoms with Crippen molar-refractivity contribution in [1.82, 2.24) is 20.2 Å². The van der Waals surface area contributed by atoms with Crippen molar-refractivity contribution in [3.63, 3.8) is 0 Å². The summed E-state index contributed by atoms with van der Waals surface area (Å²) in [5, 5.41) is 11.1. The fourth-order valence-electron chi connectivity index (χ4n) is 4.36. The number of rotatable bonds is 9. The van der Waals surface area contributed by atoms with Crippen LogP contribution in [-0.4, -0.2) is 41.6 Å². The molecule has 3 heterocycles. The SMILES string of the molecule is C[Si](C)(C)CCOCN(c1ccc2ncc(-c3ccccc3)cc2n1)c1nnc(C2CCCC2)s1. The van der Waals surface area contributed by atoms with Crippen LogP contribution in [0, 0.1) is 0 Å². The van der Waals surface area contributed by atoms with Gasteiger partial charge in [-0.1, -0.05) is 74.2 Å². The van der Waals surface area contributed by atoms with Gasteiger partial charge in [0.15, 0.2) is 0 Å². The van der Waals surface area contributed by atoms with E-state index in [0.29, 0.717) is 12.6 Å². The molecule has 182 valence electrons. The van der Waals surface area contributed by atoms with E-state index in [1.165, 1.54) is 25.7 Å². The topological polar surface area (TPSA) is 64.0 Å². The van der Waals surface area contributed by atoms with Crippen LogP contribution in [0.25, 0.3) is 22.2 Å². The van der Waals surface area contributed by atoms with Crippen LogP contribution in [0.15, 0.2) is 54.7 Å². The molecular weight excluding hydrogens is 470 g/mol. The average Bonchev–Trinajstić information content (AvgIpc) is 3.56. The highest BCUT2D eigenvalue weighted by Gasteiger charge is 2.24. The van der Waals surface area contributed by atoms with Gasteiger partial charge in [-0.15, -0.1) is 10.2 Å². The average molecular weight is 504 g/mol. The third-order valence-electron chi connectivity index (χ3n) is 6.49. The number of nitrogens with zero attached hydrogens (tertiary/aromatic N) is 5. The fraction of sp³-hybridized carbons (Fsp3) is 0.407. The van der Waals surface area contributed by atoms with Gasteiger partial charge < -0.3 is 4.74 Å². The molecule has 0 saturated heterocycles. The van der Waals surface area contributed by atoms with Gasteiger partial charge in [-0.25, -0.2) is 4.98 Å². The summed E-state index contributed by atoms with van der Waals surface area (Å²) in [6, 6.07) is 17.6. The molecule has 1 fully saturated rings. The van der Waals surface area contributed by atoms with Gasteiger partial charge in [-0.05, 0) is 42.6 Å². The van der Waals surface area contributed by atoms with Crippen molar-refractivity contribution < 1.29 is 4.74 Å². The van der Waals surface area contributed by atoms with Gasteiger partial charge in [0.2, 0.25) is 5.13 Å². The van der Waals surface area contributed by atoms with E-state index in [9.17, 15) is 0 Å². The molecule has 0 radical (unpaired) electrons. The number of hydrogen-bond donors (Lipinski definition) is 0. The summed E-state index contributed by atoms with van der Waals surface area (Å²) in [6.07, 6.45) is 6.90. The largest absolute Gasteiger partial charge is 0.361 e. The smallest absolute Gasteiger partial charge is 0.215 e. The minimum Gasteiger partial charge on any atom is -0.361 e. The van der Waals surface area contributed by atoms with Crippen LogP contribution in [0.5, 0.6) is 0 Å². The fourth-order valence-corrected chi connectivity index (χ4v) is 6.13. The zero-order valence-corrected chi connectivity index (χ0v) is 22.6. The van der Waals surface area contributed by atoms with Crippen LogP contribution in [-0.2, 0) is 4.74 Å². The summed E-state index contributed by atoms with van der Waals surface area (Å²) in [5.41, 5.74) is 3.92. The van der Waals surface area contributed by atoms with Crippen LogP contribution >= 0.6 is 11.3 Å². The third kappa shape index (κ3) is 5.94. The Morgan fingerprint density at radius 3 is 2.54 bits per heavy atom. The van der Waals surface area contributed by atoms with E-state index in [1.54, 1.807) is 11.3 Å². The van der Waals surface area contributed by atoms with Crippen LogP contribution in [0.3, 0.4) is 0 Å². The standard InChI is InChI=1S/C27H33N5OSSi/c1-35(2,3)16-15-33-19-32(27-31-30-26(34-27)21-11-7-8-12-21)25-14-13-23-24(29-25)17-22(18-28-23)20-9-5-4-6-10-20/h4-6,9-10,13-14,17-18,21H,7-8,11-12,15-16,19H2,1-3H3. The number of hydrogen-bond acceptors (Lipinski definition) is 7. The normalized spacial score (nSPS) is 14.6. The number of aromatic nitrogens is 4. The Morgan fingerprint density at radius 1 is 0.971 bits per heavy atom. The zero-order valence-electron chi connectivity index (χ0n) is 20.8. The van der Waals surface area contributed by atoms with Crippen LogP contribution < -0.4 is 4.90 Å². The second-order valence-corrected chi connectivity index (χ2v) is 17.1. The Morgan fingerprint density at radius 2 is 1.77 bits per heavy atom. The van der Waals surface area contributed by atoms with Gasteiger partial charge in [0.05, 0.1) is 11.0 Å². The lowest BCUT2D eigenvalue weighted by atomic mass is 10.1. The molecule has 4 aromatic rings. The maximum absolute atomic E-state index is 6.16. The molecule has 0 unspecified atom stereocenters. The minimum atomic E-state index is -1.17. The number of fused-ring (bicyclic) bond motifs is 1. The number of ether oxygens (including phenoxy) is 1. The molecule has 1 saturated carbocycles. The minimum absolute atomic E-state index is 0.411. The third-order valence-corrected chi connectivity index (χ3v) is 9.30. The molecule has 0 N–H and O–H groups in total. The molecule has 8 heteroatoms. The highest BCUT2D eigenvalue weighted by Crippen LogP contribution is 2.38. The first kappa shape index (κ1) is 24.0. The van der Waals surface area contributed by atoms with Crippen molar-refractivity contribution in [3.05, 3.63) is 59.7 Å². The van der Waals surface area contributed by atoms with E-state index in [4.69, 9.17) is 9.72 Å². The van der Waals surface area contributed by atoms with Crippen LogP contribution in [0.4, 0.5) is 10.9 Å². The van der Waals surface area contributed by atoms with E-state index in [0.717, 1.165) is 50.8 Å². The molecule has 0 amide bonds. The molecule has 0 aliphatic heterocycles. The number of anilines is 2. The van der Waals surface area contributed by atoms with Gasteiger partial charge in [0.25, 0.3) is 0 Å². The molecule has 35 heavy (non-hydrogen) atoms. The lowest BCUT2D eigenvalue weighted by molar-refractivity contribution is 0.153. The first-order valence-electron chi connectivity index (χ1n) is 12.5. The Labute approximate surface area is 212 Å². The number of benzene rings is 1. The molecule has 0 atom stereocenters. The maximum Gasteiger partial charge on any atom is 0.215 e. The Balaban J connectivity index is 1.45. The molecule has 1 aliphatic rings. The summed E-state index contributed by atoms with van der Waals surface area (Å²) in [5.74, 6) is 1.35. The van der Waals surface area contributed by atoms with Gasteiger partial charge in [0.1, 0.15) is 17.6 Å². The van der Waals surface area contributed by atoms with Gasteiger partial charge in [0, 0.05) is 32.4 Å².